The van der Waals surface area contributed by atoms with Crippen molar-refractivity contribution in [2.75, 3.05) is 5.32 Å². The van der Waals surface area contributed by atoms with Crippen LogP contribution in [0.5, 0.6) is 0 Å². The average Bonchev–Trinajstić information content (AvgIpc) is 3.10. The number of nitro groups is 1. The van der Waals surface area contributed by atoms with Gasteiger partial charge in [0.15, 0.2) is 5.58 Å². The Morgan fingerprint density at radius 2 is 1.87 bits per heavy atom. The summed E-state index contributed by atoms with van der Waals surface area (Å²) in [6, 6.07) is 15.7. The topological polar surface area (TPSA) is 98.3 Å². The number of benzene rings is 3. The standard InChI is InChI=1S/C23H19N3O4/c1-13-7-9-17(14(2)11-13)23-25-19-12-16(8-10-21(19)30-23)24-22(27)18-5-4-6-20(15(18)3)26(28)29/h4-12H,1-3H3,(H,24,27). The molecule has 0 saturated heterocycles. The molecule has 4 aromatic rings. The van der Waals surface area contributed by atoms with Gasteiger partial charge in [0, 0.05) is 28.4 Å². The minimum atomic E-state index is -0.498. The Kier molecular flexibility index (Phi) is 4.79. The van der Waals surface area contributed by atoms with Crippen molar-refractivity contribution < 1.29 is 14.1 Å². The minimum absolute atomic E-state index is 0.0901. The van der Waals surface area contributed by atoms with Crippen LogP contribution in [0.25, 0.3) is 22.6 Å². The van der Waals surface area contributed by atoms with E-state index in [0.717, 1.165) is 16.7 Å². The molecule has 0 unspecified atom stereocenters. The number of aromatic nitrogens is 1. The number of rotatable bonds is 4. The van der Waals surface area contributed by atoms with E-state index in [2.05, 4.69) is 16.4 Å². The van der Waals surface area contributed by atoms with Crippen molar-refractivity contribution in [2.45, 2.75) is 20.8 Å². The van der Waals surface area contributed by atoms with Gasteiger partial charge in [-0.3, -0.25) is 14.9 Å². The van der Waals surface area contributed by atoms with E-state index in [1.54, 1.807) is 31.2 Å². The number of fused-ring (bicyclic) bond motifs is 1. The van der Waals surface area contributed by atoms with E-state index in [9.17, 15) is 14.9 Å². The van der Waals surface area contributed by atoms with E-state index in [0.29, 0.717) is 28.2 Å². The Bertz CT molecular complexity index is 1310. The predicted octanol–water partition coefficient (Wildman–Crippen LogP) is 5.58. The lowest BCUT2D eigenvalue weighted by atomic mass is 10.1. The van der Waals surface area contributed by atoms with Crippen LogP contribution in [0.4, 0.5) is 11.4 Å². The van der Waals surface area contributed by atoms with Gasteiger partial charge in [0.2, 0.25) is 5.89 Å². The SMILES string of the molecule is Cc1ccc(-c2nc3cc(NC(=O)c4cccc([N+](=O)[O-])c4C)ccc3o2)c(C)c1. The molecule has 0 aliphatic heterocycles. The quantitative estimate of drug-likeness (QED) is 0.355. The van der Waals surface area contributed by atoms with Crippen molar-refractivity contribution >= 4 is 28.4 Å². The number of hydrogen-bond donors (Lipinski definition) is 1. The van der Waals surface area contributed by atoms with Crippen LogP contribution in [0.3, 0.4) is 0 Å². The van der Waals surface area contributed by atoms with Gasteiger partial charge in [-0.2, -0.15) is 0 Å². The third-order valence-electron chi connectivity index (χ3n) is 5.00. The number of carbonyl (C=O) groups excluding carboxylic acids is 1. The first-order valence-corrected chi connectivity index (χ1v) is 9.37. The van der Waals surface area contributed by atoms with Crippen LogP contribution >= 0.6 is 0 Å². The van der Waals surface area contributed by atoms with Gasteiger partial charge in [0.25, 0.3) is 11.6 Å². The van der Waals surface area contributed by atoms with Gasteiger partial charge >= 0.3 is 0 Å². The Labute approximate surface area is 172 Å². The normalized spacial score (nSPS) is 10.9. The lowest BCUT2D eigenvalue weighted by Crippen LogP contribution is -2.14. The molecule has 0 aliphatic carbocycles. The van der Waals surface area contributed by atoms with E-state index >= 15 is 0 Å². The molecule has 0 spiro atoms. The van der Waals surface area contributed by atoms with Crippen LogP contribution in [0, 0.1) is 30.9 Å². The monoisotopic (exact) mass is 401 g/mol. The second-order valence-electron chi connectivity index (χ2n) is 7.18. The van der Waals surface area contributed by atoms with Gasteiger partial charge < -0.3 is 9.73 Å². The zero-order valence-electron chi connectivity index (χ0n) is 16.7. The summed E-state index contributed by atoms with van der Waals surface area (Å²) in [6.07, 6.45) is 0. The molecule has 0 radical (unpaired) electrons. The summed E-state index contributed by atoms with van der Waals surface area (Å²) in [6.45, 7) is 5.59. The minimum Gasteiger partial charge on any atom is -0.436 e. The maximum absolute atomic E-state index is 12.7. The lowest BCUT2D eigenvalue weighted by Gasteiger charge is -2.07. The fourth-order valence-corrected chi connectivity index (χ4v) is 3.44. The molecule has 0 aliphatic rings. The summed E-state index contributed by atoms with van der Waals surface area (Å²) in [7, 11) is 0. The van der Waals surface area contributed by atoms with E-state index in [4.69, 9.17) is 4.42 Å². The number of aryl methyl sites for hydroxylation is 2. The molecule has 0 atom stereocenters. The Morgan fingerprint density at radius 1 is 1.07 bits per heavy atom. The number of nitrogens with one attached hydrogen (secondary N) is 1. The van der Waals surface area contributed by atoms with Crippen LogP contribution in [-0.2, 0) is 0 Å². The molecule has 7 nitrogen and oxygen atoms in total. The number of carbonyl (C=O) groups is 1. The second kappa shape index (κ2) is 7.44. The first kappa shape index (κ1) is 19.3. The molecule has 1 heterocycles. The average molecular weight is 401 g/mol. The lowest BCUT2D eigenvalue weighted by molar-refractivity contribution is -0.385. The molecule has 0 bridgehead atoms. The van der Waals surface area contributed by atoms with Crippen molar-refractivity contribution in [3.8, 4) is 11.5 Å². The first-order valence-electron chi connectivity index (χ1n) is 9.37. The van der Waals surface area contributed by atoms with Crippen molar-refractivity contribution in [2.24, 2.45) is 0 Å². The van der Waals surface area contributed by atoms with Crippen LogP contribution in [-0.4, -0.2) is 15.8 Å². The van der Waals surface area contributed by atoms with E-state index in [1.165, 1.54) is 12.1 Å². The molecule has 150 valence electrons. The van der Waals surface area contributed by atoms with Gasteiger partial charge in [0.1, 0.15) is 5.52 Å². The second-order valence-corrected chi connectivity index (χ2v) is 7.18. The number of nitrogens with zero attached hydrogens (tertiary/aromatic N) is 2. The summed E-state index contributed by atoms with van der Waals surface area (Å²) in [5.41, 5.74) is 5.36. The van der Waals surface area contributed by atoms with E-state index < -0.39 is 10.8 Å². The van der Waals surface area contributed by atoms with Crippen molar-refractivity contribution in [1.29, 1.82) is 0 Å². The molecule has 1 aromatic heterocycles. The highest BCUT2D eigenvalue weighted by Crippen LogP contribution is 2.29. The summed E-state index contributed by atoms with van der Waals surface area (Å²) in [4.78, 5) is 27.9. The summed E-state index contributed by atoms with van der Waals surface area (Å²) < 4.78 is 5.88. The Hall–Kier alpha value is -4.00. The zero-order chi connectivity index (χ0) is 21.4. The number of oxazole rings is 1. The molecule has 30 heavy (non-hydrogen) atoms. The van der Waals surface area contributed by atoms with E-state index in [-0.39, 0.29) is 11.3 Å². The number of amides is 1. The number of nitro benzene ring substituents is 1. The number of hydrogen-bond acceptors (Lipinski definition) is 5. The highest BCUT2D eigenvalue weighted by molar-refractivity contribution is 6.06. The van der Waals surface area contributed by atoms with Crippen LogP contribution < -0.4 is 5.32 Å². The van der Waals surface area contributed by atoms with Gasteiger partial charge in [0.05, 0.1) is 4.92 Å². The first-order chi connectivity index (χ1) is 14.3. The summed E-state index contributed by atoms with van der Waals surface area (Å²) in [5.74, 6) is 0.0918. The molecule has 7 heteroatoms. The summed E-state index contributed by atoms with van der Waals surface area (Å²) >= 11 is 0. The maximum atomic E-state index is 12.7. The summed E-state index contributed by atoms with van der Waals surface area (Å²) in [5, 5.41) is 13.9. The van der Waals surface area contributed by atoms with Crippen molar-refractivity contribution in [3.05, 3.63) is 87.0 Å². The molecule has 1 N–H and O–H groups in total. The predicted molar refractivity (Wildman–Crippen MR) is 115 cm³/mol. The molecule has 4 rings (SSSR count). The molecule has 0 fully saturated rings. The van der Waals surface area contributed by atoms with Gasteiger partial charge in [-0.1, -0.05) is 23.8 Å². The largest absolute Gasteiger partial charge is 0.436 e. The van der Waals surface area contributed by atoms with Gasteiger partial charge in [-0.25, -0.2) is 4.98 Å². The molecular formula is C23H19N3O4. The molecule has 3 aromatic carbocycles. The van der Waals surface area contributed by atoms with Gasteiger partial charge in [-0.05, 0) is 56.7 Å². The fourth-order valence-electron chi connectivity index (χ4n) is 3.44. The van der Waals surface area contributed by atoms with Crippen LogP contribution in [0.15, 0.2) is 59.0 Å². The zero-order valence-corrected chi connectivity index (χ0v) is 16.7. The third-order valence-corrected chi connectivity index (χ3v) is 5.00. The number of anilines is 1. The maximum Gasteiger partial charge on any atom is 0.273 e. The third kappa shape index (κ3) is 3.53. The Morgan fingerprint density at radius 3 is 2.60 bits per heavy atom. The Balaban J connectivity index is 1.64. The molecular weight excluding hydrogens is 382 g/mol. The molecule has 1 amide bonds. The molecule has 0 saturated carbocycles. The van der Waals surface area contributed by atoms with Crippen molar-refractivity contribution in [1.82, 2.24) is 4.98 Å². The van der Waals surface area contributed by atoms with Crippen LogP contribution in [0.1, 0.15) is 27.0 Å². The van der Waals surface area contributed by atoms with Crippen molar-refractivity contribution in [3.63, 3.8) is 0 Å². The van der Waals surface area contributed by atoms with Gasteiger partial charge in [-0.15, -0.1) is 0 Å². The smallest absolute Gasteiger partial charge is 0.273 e. The highest BCUT2D eigenvalue weighted by Gasteiger charge is 2.18. The van der Waals surface area contributed by atoms with Crippen LogP contribution in [0.2, 0.25) is 0 Å². The highest BCUT2D eigenvalue weighted by atomic mass is 16.6. The fraction of sp³-hybridized carbons (Fsp3) is 0.130. The van der Waals surface area contributed by atoms with E-state index in [1.807, 2.05) is 26.0 Å².